The smallest absolute Gasteiger partial charge is 0.264 e. The second-order valence-corrected chi connectivity index (χ2v) is 9.67. The number of hydrogen-bond acceptors (Lipinski definition) is 4. The molecule has 1 atom stereocenters. The molecule has 1 aliphatic rings. The Labute approximate surface area is 174 Å². The van der Waals surface area contributed by atoms with Crippen LogP contribution in [0.4, 0.5) is 0 Å². The second-order valence-electron chi connectivity index (χ2n) is 6.82. The van der Waals surface area contributed by atoms with E-state index in [4.69, 9.17) is 4.84 Å². The van der Waals surface area contributed by atoms with E-state index in [9.17, 15) is 13.2 Å². The van der Waals surface area contributed by atoms with Gasteiger partial charge in [0, 0.05) is 17.1 Å². The van der Waals surface area contributed by atoms with Crippen LogP contribution >= 0.6 is 15.9 Å². The number of amides is 1. The van der Waals surface area contributed by atoms with E-state index in [1.165, 1.54) is 44.8 Å². The molecule has 6 nitrogen and oxygen atoms in total. The first kappa shape index (κ1) is 21.0. The van der Waals surface area contributed by atoms with E-state index in [1.54, 1.807) is 0 Å². The number of carbonyl (C=O) groups excluding carboxylic acids is 1. The summed E-state index contributed by atoms with van der Waals surface area (Å²) in [6, 6.07) is 13.8. The molecule has 1 amide bonds. The lowest BCUT2D eigenvalue weighted by Crippen LogP contribution is -2.36. The monoisotopic (exact) mass is 466 g/mol. The average molecular weight is 467 g/mol. The van der Waals surface area contributed by atoms with E-state index in [-0.39, 0.29) is 16.8 Å². The molecule has 1 saturated carbocycles. The highest BCUT2D eigenvalue weighted by Gasteiger charge is 2.30. The third-order valence-corrected chi connectivity index (χ3v) is 7.37. The summed E-state index contributed by atoms with van der Waals surface area (Å²) in [4.78, 5) is 17.6. The highest BCUT2D eigenvalue weighted by atomic mass is 79.9. The predicted molar refractivity (Wildman–Crippen MR) is 110 cm³/mol. The first-order valence-electron chi connectivity index (χ1n) is 9.02. The van der Waals surface area contributed by atoms with Crippen LogP contribution in [0.3, 0.4) is 0 Å². The minimum atomic E-state index is -3.73. The lowest BCUT2D eigenvalue weighted by Gasteiger charge is -2.34. The van der Waals surface area contributed by atoms with Crippen molar-refractivity contribution < 1.29 is 18.0 Å². The third-order valence-electron chi connectivity index (χ3n) is 5.15. The summed E-state index contributed by atoms with van der Waals surface area (Å²) in [6.07, 6.45) is 3.34. The molecule has 28 heavy (non-hydrogen) atoms. The summed E-state index contributed by atoms with van der Waals surface area (Å²) >= 11 is 3.44. The maximum atomic E-state index is 12.8. The number of rotatable bonds is 7. The number of nitrogens with one attached hydrogen (secondary N) is 1. The van der Waals surface area contributed by atoms with E-state index >= 15 is 0 Å². The van der Waals surface area contributed by atoms with Crippen LogP contribution in [0.1, 0.15) is 41.2 Å². The van der Waals surface area contributed by atoms with Crippen molar-refractivity contribution in [1.82, 2.24) is 9.79 Å². The third kappa shape index (κ3) is 4.46. The fourth-order valence-corrected chi connectivity index (χ4v) is 4.40. The Morgan fingerprint density at radius 2 is 1.75 bits per heavy atom. The van der Waals surface area contributed by atoms with Crippen molar-refractivity contribution in [2.75, 3.05) is 14.2 Å². The summed E-state index contributed by atoms with van der Waals surface area (Å²) in [6.45, 7) is 0. The van der Waals surface area contributed by atoms with Crippen LogP contribution in [0, 0.1) is 5.92 Å². The molecule has 1 fully saturated rings. The summed E-state index contributed by atoms with van der Waals surface area (Å²) in [5.41, 5.74) is 1.49. The van der Waals surface area contributed by atoms with Crippen LogP contribution in [0.15, 0.2) is 57.9 Å². The Balaban J connectivity index is 1.78. The topological polar surface area (TPSA) is 75.7 Å². The van der Waals surface area contributed by atoms with E-state index in [0.29, 0.717) is 11.5 Å². The Bertz CT molecular complexity index is 926. The number of nitrogens with zero attached hydrogens (tertiary/aromatic N) is 1. The molecule has 8 heteroatoms. The lowest BCUT2D eigenvalue weighted by atomic mass is 9.77. The molecule has 0 saturated heterocycles. The predicted octanol–water partition coefficient (Wildman–Crippen LogP) is 3.90. The average Bonchev–Trinajstić information content (AvgIpc) is 2.66. The highest BCUT2D eigenvalue weighted by Crippen LogP contribution is 2.38. The van der Waals surface area contributed by atoms with Gasteiger partial charge < -0.3 is 5.32 Å². The lowest BCUT2D eigenvalue weighted by molar-refractivity contribution is -0.0258. The number of sulfonamides is 1. The summed E-state index contributed by atoms with van der Waals surface area (Å²) in [5, 5.41) is 3.12. The standard InChI is InChI=1S/C20H23BrN2O4S/c1-23(27-2)28(25,26)18-12-8-16(9-13-18)20(24)22-19(14-4-3-5-14)15-6-10-17(21)11-7-15/h6-14,19H,3-5H2,1-2H3,(H,22,24). The molecular formula is C20H23BrN2O4S. The zero-order valence-corrected chi connectivity index (χ0v) is 18.2. The van der Waals surface area contributed by atoms with Gasteiger partial charge in [0.05, 0.1) is 18.0 Å². The van der Waals surface area contributed by atoms with Gasteiger partial charge in [0.25, 0.3) is 15.9 Å². The van der Waals surface area contributed by atoms with Gasteiger partial charge in [-0.3, -0.25) is 9.63 Å². The number of hydroxylamine groups is 1. The second kappa shape index (κ2) is 8.73. The van der Waals surface area contributed by atoms with E-state index < -0.39 is 10.0 Å². The van der Waals surface area contributed by atoms with E-state index in [0.717, 1.165) is 27.3 Å². The van der Waals surface area contributed by atoms with Crippen molar-refractivity contribution in [2.45, 2.75) is 30.2 Å². The Morgan fingerprint density at radius 1 is 1.14 bits per heavy atom. The molecule has 1 unspecified atom stereocenters. The summed E-state index contributed by atoms with van der Waals surface area (Å²) < 4.78 is 26.3. The fourth-order valence-electron chi connectivity index (χ4n) is 3.17. The van der Waals surface area contributed by atoms with Gasteiger partial charge in [-0.05, 0) is 60.7 Å². The number of halogens is 1. The van der Waals surface area contributed by atoms with Crippen molar-refractivity contribution in [2.24, 2.45) is 5.92 Å². The normalized spacial score (nSPS) is 15.9. The van der Waals surface area contributed by atoms with E-state index in [1.807, 2.05) is 24.3 Å². The van der Waals surface area contributed by atoms with Crippen LogP contribution in [-0.2, 0) is 14.9 Å². The Morgan fingerprint density at radius 3 is 2.25 bits per heavy atom. The van der Waals surface area contributed by atoms with Gasteiger partial charge >= 0.3 is 0 Å². The van der Waals surface area contributed by atoms with Gasteiger partial charge in [-0.2, -0.15) is 0 Å². The van der Waals surface area contributed by atoms with Gasteiger partial charge in [0.15, 0.2) is 0 Å². The largest absolute Gasteiger partial charge is 0.345 e. The first-order chi connectivity index (χ1) is 13.3. The van der Waals surface area contributed by atoms with Crippen LogP contribution in [0.2, 0.25) is 0 Å². The molecule has 1 aliphatic carbocycles. The number of hydrogen-bond donors (Lipinski definition) is 1. The Kier molecular flexibility index (Phi) is 6.54. The van der Waals surface area contributed by atoms with Crippen molar-refractivity contribution in [3.63, 3.8) is 0 Å². The van der Waals surface area contributed by atoms with Gasteiger partial charge in [0.1, 0.15) is 0 Å². The molecule has 0 spiro atoms. The minimum absolute atomic E-state index is 0.0580. The van der Waals surface area contributed by atoms with Crippen molar-refractivity contribution in [3.05, 3.63) is 64.1 Å². The molecule has 0 radical (unpaired) electrons. The molecule has 0 aliphatic heterocycles. The van der Waals surface area contributed by atoms with Crippen molar-refractivity contribution in [1.29, 1.82) is 0 Å². The fraction of sp³-hybridized carbons (Fsp3) is 0.350. The molecule has 1 N–H and O–H groups in total. The maximum absolute atomic E-state index is 12.8. The minimum Gasteiger partial charge on any atom is -0.345 e. The van der Waals surface area contributed by atoms with Crippen LogP contribution in [0.5, 0.6) is 0 Å². The number of benzene rings is 2. The molecule has 2 aromatic rings. The van der Waals surface area contributed by atoms with Gasteiger partial charge in [-0.1, -0.05) is 39.0 Å². The zero-order chi connectivity index (χ0) is 20.3. The summed E-state index contributed by atoms with van der Waals surface area (Å²) in [7, 11) is -1.14. The molecular weight excluding hydrogens is 444 g/mol. The van der Waals surface area contributed by atoms with Gasteiger partial charge in [-0.25, -0.2) is 8.42 Å². The first-order valence-corrected chi connectivity index (χ1v) is 11.3. The molecule has 0 heterocycles. The quantitative estimate of drug-likeness (QED) is 0.627. The maximum Gasteiger partial charge on any atom is 0.264 e. The SMILES string of the molecule is CON(C)S(=O)(=O)c1ccc(C(=O)NC(c2ccc(Br)cc2)C2CCC2)cc1. The van der Waals surface area contributed by atoms with Gasteiger partial charge in [0.2, 0.25) is 0 Å². The number of carbonyl (C=O) groups is 1. The molecule has 0 aromatic heterocycles. The van der Waals surface area contributed by atoms with Crippen molar-refractivity contribution >= 4 is 31.9 Å². The van der Waals surface area contributed by atoms with Crippen LogP contribution in [-0.4, -0.2) is 33.0 Å². The van der Waals surface area contributed by atoms with Gasteiger partial charge in [-0.15, -0.1) is 0 Å². The zero-order valence-electron chi connectivity index (χ0n) is 15.8. The molecule has 2 aromatic carbocycles. The summed E-state index contributed by atoms with van der Waals surface area (Å²) in [5.74, 6) is 0.198. The Hall–Kier alpha value is -1.74. The molecule has 150 valence electrons. The van der Waals surface area contributed by atoms with E-state index in [2.05, 4.69) is 21.2 Å². The highest BCUT2D eigenvalue weighted by molar-refractivity contribution is 9.10. The molecule has 0 bridgehead atoms. The van der Waals surface area contributed by atoms with Crippen LogP contribution < -0.4 is 5.32 Å². The van der Waals surface area contributed by atoms with Crippen LogP contribution in [0.25, 0.3) is 0 Å². The van der Waals surface area contributed by atoms with Crippen molar-refractivity contribution in [3.8, 4) is 0 Å². The molecule has 3 rings (SSSR count).